The maximum atomic E-state index is 12.5. The summed E-state index contributed by atoms with van der Waals surface area (Å²) in [6.07, 6.45) is 0.884. The Morgan fingerprint density at radius 3 is 2.86 bits per heavy atom. The molecule has 8 heteroatoms. The number of likely N-dealkylation sites (tertiary alicyclic amines) is 1. The predicted molar refractivity (Wildman–Crippen MR) is 108 cm³/mol. The highest BCUT2D eigenvalue weighted by molar-refractivity contribution is 6.30. The normalized spacial score (nSPS) is 21.6. The van der Waals surface area contributed by atoms with E-state index in [0.717, 1.165) is 50.0 Å². The molecule has 4 rings (SSSR count). The van der Waals surface area contributed by atoms with Crippen molar-refractivity contribution in [1.82, 2.24) is 29.9 Å². The number of amides is 1. The molecule has 2 aliphatic rings. The molecule has 150 valence electrons. The van der Waals surface area contributed by atoms with Gasteiger partial charge in [-0.15, -0.1) is 10.2 Å². The van der Waals surface area contributed by atoms with Gasteiger partial charge in [-0.3, -0.25) is 9.69 Å². The Labute approximate surface area is 170 Å². The van der Waals surface area contributed by atoms with Gasteiger partial charge >= 0.3 is 0 Å². The highest BCUT2D eigenvalue weighted by Gasteiger charge is 2.39. The minimum absolute atomic E-state index is 0.132. The van der Waals surface area contributed by atoms with Crippen LogP contribution < -0.4 is 5.32 Å². The first-order chi connectivity index (χ1) is 13.5. The lowest BCUT2D eigenvalue weighted by atomic mass is 9.89. The summed E-state index contributed by atoms with van der Waals surface area (Å²) in [5, 5.41) is 12.2. The first-order valence-electron chi connectivity index (χ1n) is 9.81. The molecule has 7 nitrogen and oxygen atoms in total. The van der Waals surface area contributed by atoms with Crippen LogP contribution in [0.3, 0.4) is 0 Å². The molecule has 0 unspecified atom stereocenters. The Morgan fingerprint density at radius 2 is 2.07 bits per heavy atom. The van der Waals surface area contributed by atoms with Crippen LogP contribution in [0, 0.1) is 11.8 Å². The average molecular weight is 403 g/mol. The molecule has 28 heavy (non-hydrogen) atoms. The van der Waals surface area contributed by atoms with Gasteiger partial charge in [0, 0.05) is 50.7 Å². The fourth-order valence-electron chi connectivity index (χ4n) is 4.28. The minimum Gasteiger partial charge on any atom is -0.348 e. The Hall–Kier alpha value is -1.96. The molecule has 1 fully saturated rings. The van der Waals surface area contributed by atoms with E-state index in [0.29, 0.717) is 24.2 Å². The Balaban J connectivity index is 1.39. The Kier molecular flexibility index (Phi) is 5.66. The summed E-state index contributed by atoms with van der Waals surface area (Å²) in [6.45, 7) is 5.20. The van der Waals surface area contributed by atoms with Crippen LogP contribution in [0.4, 0.5) is 0 Å². The molecule has 1 saturated heterocycles. The SMILES string of the molecule is CN(C)CCNC(=O)c1nnc2n1C[C@H]1CN(Cc3cccc(Cl)c3)C[C@@H]1C2. The first kappa shape index (κ1) is 19.4. The van der Waals surface area contributed by atoms with E-state index < -0.39 is 0 Å². The molecule has 1 N–H and O–H groups in total. The molecule has 1 amide bonds. The second-order valence-corrected chi connectivity index (χ2v) is 8.59. The summed E-state index contributed by atoms with van der Waals surface area (Å²) in [5.41, 5.74) is 1.24. The highest BCUT2D eigenvalue weighted by atomic mass is 35.5. The molecule has 0 bridgehead atoms. The van der Waals surface area contributed by atoms with Crippen molar-refractivity contribution in [1.29, 1.82) is 0 Å². The van der Waals surface area contributed by atoms with E-state index in [4.69, 9.17) is 11.6 Å². The second-order valence-electron chi connectivity index (χ2n) is 8.16. The fourth-order valence-corrected chi connectivity index (χ4v) is 4.50. The van der Waals surface area contributed by atoms with Crippen LogP contribution in [0.15, 0.2) is 24.3 Å². The van der Waals surface area contributed by atoms with Crippen LogP contribution in [0.1, 0.15) is 22.0 Å². The maximum absolute atomic E-state index is 12.5. The molecule has 2 aromatic rings. The predicted octanol–water partition coefficient (Wildman–Crippen LogP) is 1.53. The zero-order valence-electron chi connectivity index (χ0n) is 16.4. The number of likely N-dealkylation sites (N-methyl/N-ethyl adjacent to an activating group) is 1. The van der Waals surface area contributed by atoms with Crippen molar-refractivity contribution in [2.24, 2.45) is 11.8 Å². The van der Waals surface area contributed by atoms with Gasteiger partial charge in [-0.1, -0.05) is 23.7 Å². The van der Waals surface area contributed by atoms with E-state index >= 15 is 0 Å². The average Bonchev–Trinajstić information content (AvgIpc) is 3.21. The van der Waals surface area contributed by atoms with Gasteiger partial charge in [0.05, 0.1) is 0 Å². The maximum Gasteiger partial charge on any atom is 0.289 e. The minimum atomic E-state index is -0.132. The van der Waals surface area contributed by atoms with Crippen LogP contribution in [0.2, 0.25) is 5.02 Å². The molecular formula is C20H27ClN6O. The Bertz CT molecular complexity index is 851. The molecule has 3 heterocycles. The van der Waals surface area contributed by atoms with E-state index in [9.17, 15) is 4.79 Å². The third kappa shape index (κ3) is 4.21. The third-order valence-electron chi connectivity index (χ3n) is 5.68. The molecular weight excluding hydrogens is 376 g/mol. The van der Waals surface area contributed by atoms with Crippen molar-refractivity contribution in [2.75, 3.05) is 40.3 Å². The molecule has 2 aliphatic heterocycles. The van der Waals surface area contributed by atoms with Crippen LogP contribution in [-0.4, -0.2) is 70.7 Å². The highest BCUT2D eigenvalue weighted by Crippen LogP contribution is 2.33. The molecule has 0 radical (unpaired) electrons. The third-order valence-corrected chi connectivity index (χ3v) is 5.92. The molecule has 1 aromatic carbocycles. The summed E-state index contributed by atoms with van der Waals surface area (Å²) < 4.78 is 2.02. The number of nitrogens with one attached hydrogen (secondary N) is 1. The monoisotopic (exact) mass is 402 g/mol. The topological polar surface area (TPSA) is 66.3 Å². The van der Waals surface area contributed by atoms with E-state index in [1.165, 1.54) is 5.56 Å². The number of benzene rings is 1. The molecule has 0 aliphatic carbocycles. The summed E-state index contributed by atoms with van der Waals surface area (Å²) >= 11 is 6.12. The molecule has 0 saturated carbocycles. The van der Waals surface area contributed by atoms with E-state index in [-0.39, 0.29) is 5.91 Å². The van der Waals surface area contributed by atoms with Gasteiger partial charge < -0.3 is 14.8 Å². The lowest BCUT2D eigenvalue weighted by Gasteiger charge is -2.25. The number of carbonyl (C=O) groups excluding carboxylic acids is 1. The van der Waals surface area contributed by atoms with Crippen molar-refractivity contribution in [2.45, 2.75) is 19.5 Å². The van der Waals surface area contributed by atoms with Crippen molar-refractivity contribution >= 4 is 17.5 Å². The number of fused-ring (bicyclic) bond motifs is 2. The van der Waals surface area contributed by atoms with E-state index in [1.54, 1.807) is 0 Å². The quantitative estimate of drug-likeness (QED) is 0.793. The van der Waals surface area contributed by atoms with Gasteiger partial charge in [0.1, 0.15) is 5.82 Å². The van der Waals surface area contributed by atoms with Gasteiger partial charge in [-0.25, -0.2) is 0 Å². The zero-order valence-corrected chi connectivity index (χ0v) is 17.2. The van der Waals surface area contributed by atoms with Crippen LogP contribution in [0.25, 0.3) is 0 Å². The molecule has 1 aromatic heterocycles. The number of carbonyl (C=O) groups is 1. The second kappa shape index (κ2) is 8.19. The summed E-state index contributed by atoms with van der Waals surface area (Å²) in [6, 6.07) is 8.07. The molecule has 0 spiro atoms. The van der Waals surface area contributed by atoms with Crippen molar-refractivity contribution in [3.63, 3.8) is 0 Å². The Morgan fingerprint density at radius 1 is 1.25 bits per heavy atom. The van der Waals surface area contributed by atoms with Gasteiger partial charge in [0.15, 0.2) is 0 Å². The fraction of sp³-hybridized carbons (Fsp3) is 0.550. The summed E-state index contributed by atoms with van der Waals surface area (Å²) in [4.78, 5) is 17.0. The van der Waals surface area contributed by atoms with E-state index in [1.807, 2.05) is 41.8 Å². The summed E-state index contributed by atoms with van der Waals surface area (Å²) in [5.74, 6) is 2.34. The number of nitrogens with zero attached hydrogens (tertiary/aromatic N) is 5. The van der Waals surface area contributed by atoms with E-state index in [2.05, 4.69) is 26.5 Å². The number of rotatable bonds is 6. The van der Waals surface area contributed by atoms with Crippen LogP contribution in [-0.2, 0) is 19.5 Å². The number of hydrogen-bond donors (Lipinski definition) is 1. The van der Waals surface area contributed by atoms with Gasteiger partial charge in [0.25, 0.3) is 5.91 Å². The number of halogens is 1. The number of hydrogen-bond acceptors (Lipinski definition) is 5. The zero-order chi connectivity index (χ0) is 19.7. The van der Waals surface area contributed by atoms with Gasteiger partial charge in [0.2, 0.25) is 5.82 Å². The standard InChI is InChI=1S/C20H27ClN6O/c1-25(2)7-6-22-20(28)19-24-23-18-9-15-11-26(12-16(15)13-27(18)19)10-14-4-3-5-17(21)8-14/h3-5,8,15-16H,6-7,9-13H2,1-2H3,(H,22,28)/t15-,16+/m0/s1. The molecule has 2 atom stereocenters. The van der Waals surface area contributed by atoms with Crippen molar-refractivity contribution < 1.29 is 4.79 Å². The summed E-state index contributed by atoms with van der Waals surface area (Å²) in [7, 11) is 3.97. The van der Waals surface area contributed by atoms with Gasteiger partial charge in [-0.05, 0) is 43.6 Å². The smallest absolute Gasteiger partial charge is 0.289 e. The lowest BCUT2D eigenvalue weighted by molar-refractivity contribution is 0.0932. The largest absolute Gasteiger partial charge is 0.348 e. The van der Waals surface area contributed by atoms with Crippen LogP contribution in [0.5, 0.6) is 0 Å². The van der Waals surface area contributed by atoms with Crippen molar-refractivity contribution in [3.8, 4) is 0 Å². The number of aromatic nitrogens is 3. The van der Waals surface area contributed by atoms with Crippen molar-refractivity contribution in [3.05, 3.63) is 46.5 Å². The lowest BCUT2D eigenvalue weighted by Crippen LogP contribution is -2.35. The first-order valence-corrected chi connectivity index (χ1v) is 10.2. The van der Waals surface area contributed by atoms with Gasteiger partial charge in [-0.2, -0.15) is 0 Å². The van der Waals surface area contributed by atoms with Crippen LogP contribution >= 0.6 is 11.6 Å².